The Kier molecular flexibility index (Phi) is 7.29. The summed E-state index contributed by atoms with van der Waals surface area (Å²) in [5.74, 6) is 1.18. The van der Waals surface area contributed by atoms with Crippen molar-refractivity contribution in [3.63, 3.8) is 0 Å². The number of rotatable bonds is 8. The molecule has 1 atom stereocenters. The van der Waals surface area contributed by atoms with Gasteiger partial charge in [0.05, 0.1) is 16.7 Å². The highest BCUT2D eigenvalue weighted by molar-refractivity contribution is 7.99. The Morgan fingerprint density at radius 3 is 2.42 bits per heavy atom. The maximum atomic E-state index is 12.2. The van der Waals surface area contributed by atoms with Gasteiger partial charge in [-0.05, 0) is 36.6 Å². The summed E-state index contributed by atoms with van der Waals surface area (Å²) in [6.45, 7) is 4.05. The van der Waals surface area contributed by atoms with Crippen molar-refractivity contribution < 1.29 is 13.2 Å². The van der Waals surface area contributed by atoms with Gasteiger partial charge in [-0.25, -0.2) is 8.42 Å². The molecule has 26 heavy (non-hydrogen) atoms. The molecule has 0 fully saturated rings. The molecule has 0 spiro atoms. The van der Waals surface area contributed by atoms with Crippen LogP contribution in [0.3, 0.4) is 0 Å². The normalized spacial score (nSPS) is 12.6. The van der Waals surface area contributed by atoms with Crippen molar-refractivity contribution in [1.29, 1.82) is 0 Å². The Morgan fingerprint density at radius 1 is 1.15 bits per heavy atom. The first-order valence-electron chi connectivity index (χ1n) is 8.52. The van der Waals surface area contributed by atoms with Crippen molar-refractivity contribution >= 4 is 27.5 Å². The standard InChI is InChI=1S/C20H25NO3S2/c1-4-19(17-8-10-18(11-9-17)26(3,23)24)21-20(22)14-25-13-16-7-5-6-15(2)12-16/h5-12,19H,4,13-14H2,1-3H3,(H,21,22). The van der Waals surface area contributed by atoms with E-state index in [2.05, 4.69) is 30.4 Å². The highest BCUT2D eigenvalue weighted by atomic mass is 32.2. The third-order valence-electron chi connectivity index (χ3n) is 4.04. The Bertz CT molecular complexity index is 846. The Hall–Kier alpha value is -1.79. The summed E-state index contributed by atoms with van der Waals surface area (Å²) in [6.07, 6.45) is 1.93. The van der Waals surface area contributed by atoms with Crippen LogP contribution in [0, 0.1) is 6.92 Å². The van der Waals surface area contributed by atoms with E-state index >= 15 is 0 Å². The van der Waals surface area contributed by atoms with E-state index in [4.69, 9.17) is 0 Å². The van der Waals surface area contributed by atoms with Crippen molar-refractivity contribution in [3.05, 3.63) is 65.2 Å². The topological polar surface area (TPSA) is 63.2 Å². The first-order chi connectivity index (χ1) is 12.3. The Balaban J connectivity index is 1.89. The summed E-state index contributed by atoms with van der Waals surface area (Å²) in [6, 6.07) is 14.9. The molecule has 140 valence electrons. The van der Waals surface area contributed by atoms with Crippen molar-refractivity contribution in [3.8, 4) is 0 Å². The van der Waals surface area contributed by atoms with Gasteiger partial charge in [0.1, 0.15) is 0 Å². The van der Waals surface area contributed by atoms with Crippen molar-refractivity contribution in [2.75, 3.05) is 12.0 Å². The van der Waals surface area contributed by atoms with E-state index in [1.165, 1.54) is 17.4 Å². The summed E-state index contributed by atoms with van der Waals surface area (Å²) in [4.78, 5) is 12.5. The smallest absolute Gasteiger partial charge is 0.230 e. The minimum absolute atomic E-state index is 0.0123. The number of amides is 1. The molecule has 2 rings (SSSR count). The molecule has 1 amide bonds. The van der Waals surface area contributed by atoms with Gasteiger partial charge in [-0.3, -0.25) is 4.79 Å². The number of carbonyl (C=O) groups is 1. The van der Waals surface area contributed by atoms with E-state index < -0.39 is 9.84 Å². The molecule has 2 aromatic rings. The fraction of sp³-hybridized carbons (Fsp3) is 0.350. The molecule has 1 unspecified atom stereocenters. The van der Waals surface area contributed by atoms with Crippen molar-refractivity contribution in [2.45, 2.75) is 37.0 Å². The second-order valence-corrected chi connectivity index (χ2v) is 9.35. The van der Waals surface area contributed by atoms with Crippen molar-refractivity contribution in [1.82, 2.24) is 5.32 Å². The third kappa shape index (κ3) is 6.18. The zero-order valence-electron chi connectivity index (χ0n) is 15.4. The van der Waals surface area contributed by atoms with Crippen LogP contribution in [-0.4, -0.2) is 26.3 Å². The van der Waals surface area contributed by atoms with Gasteiger partial charge in [0.15, 0.2) is 9.84 Å². The molecule has 0 aliphatic carbocycles. The largest absolute Gasteiger partial charge is 0.349 e. The fourth-order valence-electron chi connectivity index (χ4n) is 2.67. The first-order valence-corrected chi connectivity index (χ1v) is 11.6. The Labute approximate surface area is 160 Å². The van der Waals surface area contributed by atoms with E-state index in [1.54, 1.807) is 36.0 Å². The molecule has 6 heteroatoms. The monoisotopic (exact) mass is 391 g/mol. The summed E-state index contributed by atoms with van der Waals surface area (Å²) >= 11 is 1.59. The predicted molar refractivity (Wildman–Crippen MR) is 108 cm³/mol. The maximum Gasteiger partial charge on any atom is 0.230 e. The van der Waals surface area contributed by atoms with Gasteiger partial charge in [-0.1, -0.05) is 48.9 Å². The highest BCUT2D eigenvalue weighted by Crippen LogP contribution is 2.20. The lowest BCUT2D eigenvalue weighted by molar-refractivity contribution is -0.119. The average Bonchev–Trinajstić information content (AvgIpc) is 2.59. The summed E-state index contributed by atoms with van der Waals surface area (Å²) in [7, 11) is -3.21. The summed E-state index contributed by atoms with van der Waals surface area (Å²) < 4.78 is 23.1. The molecular weight excluding hydrogens is 366 g/mol. The molecule has 0 saturated heterocycles. The van der Waals surface area contributed by atoms with Crippen LogP contribution < -0.4 is 5.32 Å². The fourth-order valence-corrected chi connectivity index (χ4v) is 4.08. The van der Waals surface area contributed by atoms with Crippen LogP contribution in [0.15, 0.2) is 53.4 Å². The molecule has 0 saturated carbocycles. The number of nitrogens with one attached hydrogen (secondary N) is 1. The van der Waals surface area contributed by atoms with Gasteiger partial charge in [-0.15, -0.1) is 11.8 Å². The van der Waals surface area contributed by atoms with Crippen LogP contribution in [0.1, 0.15) is 36.1 Å². The van der Waals surface area contributed by atoms with Gasteiger partial charge in [-0.2, -0.15) is 0 Å². The molecule has 0 aliphatic rings. The molecule has 0 radical (unpaired) electrons. The zero-order valence-corrected chi connectivity index (χ0v) is 17.0. The SMILES string of the molecule is CCC(NC(=O)CSCc1cccc(C)c1)c1ccc(S(C)(=O)=O)cc1. The summed E-state index contributed by atoms with van der Waals surface area (Å²) in [5.41, 5.74) is 3.35. The lowest BCUT2D eigenvalue weighted by atomic mass is 10.0. The van der Waals surface area contributed by atoms with Crippen LogP contribution in [0.4, 0.5) is 0 Å². The number of thioether (sulfide) groups is 1. The molecule has 4 nitrogen and oxygen atoms in total. The van der Waals surface area contributed by atoms with Crippen LogP contribution >= 0.6 is 11.8 Å². The molecular formula is C20H25NO3S2. The van der Waals surface area contributed by atoms with E-state index in [1.807, 2.05) is 13.0 Å². The maximum absolute atomic E-state index is 12.2. The number of hydrogen-bond acceptors (Lipinski definition) is 4. The molecule has 0 aromatic heterocycles. The minimum atomic E-state index is -3.21. The average molecular weight is 392 g/mol. The number of sulfone groups is 1. The predicted octanol–water partition coefficient (Wildman–Crippen LogP) is 3.90. The van der Waals surface area contributed by atoms with Crippen LogP contribution in [0.25, 0.3) is 0 Å². The van der Waals surface area contributed by atoms with Crippen LogP contribution in [-0.2, 0) is 20.4 Å². The van der Waals surface area contributed by atoms with E-state index in [0.717, 1.165) is 17.7 Å². The molecule has 2 aromatic carbocycles. The van der Waals surface area contributed by atoms with Gasteiger partial charge >= 0.3 is 0 Å². The van der Waals surface area contributed by atoms with Gasteiger partial charge in [0.2, 0.25) is 5.91 Å². The van der Waals surface area contributed by atoms with Gasteiger partial charge in [0, 0.05) is 12.0 Å². The highest BCUT2D eigenvalue weighted by Gasteiger charge is 2.14. The molecule has 0 heterocycles. The van der Waals surface area contributed by atoms with Crippen molar-refractivity contribution in [2.24, 2.45) is 0 Å². The number of benzene rings is 2. The van der Waals surface area contributed by atoms with Crippen LogP contribution in [0.2, 0.25) is 0 Å². The second kappa shape index (κ2) is 9.24. The van der Waals surface area contributed by atoms with Gasteiger partial charge in [0.25, 0.3) is 0 Å². The van der Waals surface area contributed by atoms with Crippen LogP contribution in [0.5, 0.6) is 0 Å². The number of aryl methyl sites for hydroxylation is 1. The van der Waals surface area contributed by atoms with Gasteiger partial charge < -0.3 is 5.32 Å². The van der Waals surface area contributed by atoms with E-state index in [9.17, 15) is 13.2 Å². The number of carbonyl (C=O) groups excluding carboxylic acids is 1. The molecule has 1 N–H and O–H groups in total. The second-order valence-electron chi connectivity index (χ2n) is 6.35. The zero-order chi connectivity index (χ0) is 19.2. The summed E-state index contributed by atoms with van der Waals surface area (Å²) in [5, 5.41) is 3.03. The Morgan fingerprint density at radius 2 is 1.85 bits per heavy atom. The minimum Gasteiger partial charge on any atom is -0.349 e. The lowest BCUT2D eigenvalue weighted by Crippen LogP contribution is -2.29. The first kappa shape index (κ1) is 20.5. The molecule has 0 aliphatic heterocycles. The van der Waals surface area contributed by atoms with E-state index in [0.29, 0.717) is 5.75 Å². The quantitative estimate of drug-likeness (QED) is 0.741. The lowest BCUT2D eigenvalue weighted by Gasteiger charge is -2.18. The molecule has 0 bridgehead atoms. The number of hydrogen-bond donors (Lipinski definition) is 1. The third-order valence-corrected chi connectivity index (χ3v) is 6.17. The van der Waals surface area contributed by atoms with E-state index in [-0.39, 0.29) is 16.8 Å².